The minimum absolute atomic E-state index is 0.0204. The summed E-state index contributed by atoms with van der Waals surface area (Å²) in [5.41, 5.74) is 15.1. The van der Waals surface area contributed by atoms with E-state index in [0.717, 1.165) is 29.1 Å². The molecule has 5 aromatic rings. The quantitative estimate of drug-likeness (QED) is 0.0337. The number of Topliss-reactive ketones (excluding diaryl/α,β-unsaturated/α-hetero) is 1. The molecular formula is C30H33N15O7S2. The van der Waals surface area contributed by atoms with Crippen molar-refractivity contribution >= 4 is 84.7 Å². The highest BCUT2D eigenvalue weighted by Gasteiger charge is 2.26. The van der Waals surface area contributed by atoms with Gasteiger partial charge in [-0.3, -0.25) is 15.0 Å². The van der Waals surface area contributed by atoms with Crippen molar-refractivity contribution in [3.05, 3.63) is 38.5 Å². The third-order valence-corrected chi connectivity index (χ3v) is 9.76. The molecule has 0 unspecified atom stereocenters. The standard InChI is InChI=1S/C30H33N15O7S2/c1-11-17(9-52-10-31)53-26(19(11)27(49)50-6)41-39-21-14(4)43-45(23(21)33)29-35-28(36-30(37-29)51-7)44-22(32)20(13(3)42-44)38-40-25-18(16(48)8-46)12(2)24(54-25)34-15(5)47/h10,31,46H,8-9,32-33H2,1-7H3,(H,34,47)/b31-10?,40-38+,41-39+. The first-order valence-corrected chi connectivity index (χ1v) is 17.1. The van der Waals surface area contributed by atoms with Crippen molar-refractivity contribution in [1.82, 2.24) is 34.5 Å². The molecule has 24 heteroatoms. The molecule has 0 radical (unpaired) electrons. The van der Waals surface area contributed by atoms with Crippen LogP contribution in [0.3, 0.4) is 0 Å². The van der Waals surface area contributed by atoms with Crippen LogP contribution < -0.4 is 21.5 Å². The van der Waals surface area contributed by atoms with E-state index in [9.17, 15) is 19.5 Å². The summed E-state index contributed by atoms with van der Waals surface area (Å²) in [6.07, 6.45) is 0.795. The molecule has 22 nitrogen and oxygen atoms in total. The zero-order valence-electron chi connectivity index (χ0n) is 29.8. The lowest BCUT2D eigenvalue weighted by Gasteiger charge is -2.08. The molecule has 0 aliphatic heterocycles. The van der Waals surface area contributed by atoms with E-state index < -0.39 is 18.4 Å². The van der Waals surface area contributed by atoms with Crippen LogP contribution in [0.1, 0.15) is 55.0 Å². The number of hydrogen-bond acceptors (Lipinski definition) is 21. The highest BCUT2D eigenvalue weighted by atomic mass is 32.1. The van der Waals surface area contributed by atoms with Gasteiger partial charge in [-0.2, -0.15) is 34.5 Å². The second-order valence-electron chi connectivity index (χ2n) is 11.0. The van der Waals surface area contributed by atoms with Crippen LogP contribution in [0.25, 0.3) is 11.9 Å². The van der Waals surface area contributed by atoms with Gasteiger partial charge in [0.1, 0.15) is 23.8 Å². The summed E-state index contributed by atoms with van der Waals surface area (Å²) in [6, 6.07) is -0.148. The molecule has 0 aliphatic rings. The molecule has 1 amide bonds. The average Bonchev–Trinajstić information content (AvgIpc) is 3.83. The van der Waals surface area contributed by atoms with Crippen molar-refractivity contribution in [3.63, 3.8) is 0 Å². The van der Waals surface area contributed by atoms with Crippen molar-refractivity contribution in [2.24, 2.45) is 20.5 Å². The first-order chi connectivity index (χ1) is 25.7. The molecule has 0 saturated heterocycles. The molecular weight excluding hydrogens is 747 g/mol. The Hall–Kier alpha value is -6.53. The van der Waals surface area contributed by atoms with Gasteiger partial charge in [-0.1, -0.05) is 11.3 Å². The molecule has 0 bridgehead atoms. The number of nitrogen functional groups attached to an aromatic ring is 2. The molecule has 5 aromatic heterocycles. The van der Waals surface area contributed by atoms with Gasteiger partial charge >= 0.3 is 12.0 Å². The van der Waals surface area contributed by atoms with Gasteiger partial charge < -0.3 is 36.1 Å². The number of carbonyl (C=O) groups is 3. The van der Waals surface area contributed by atoms with Gasteiger partial charge in [-0.05, 0) is 38.8 Å². The van der Waals surface area contributed by atoms with Crippen LogP contribution in [0.4, 0.5) is 38.0 Å². The van der Waals surface area contributed by atoms with Gasteiger partial charge in [0.15, 0.2) is 45.2 Å². The summed E-state index contributed by atoms with van der Waals surface area (Å²) in [5.74, 6) is -1.86. The summed E-state index contributed by atoms with van der Waals surface area (Å²) < 4.78 is 17.7. The number of hydrogen-bond donors (Lipinski definition) is 5. The number of azo groups is 2. The number of anilines is 3. The first-order valence-electron chi connectivity index (χ1n) is 15.4. The Morgan fingerprint density at radius 2 is 1.43 bits per heavy atom. The predicted octanol–water partition coefficient (Wildman–Crippen LogP) is 4.65. The molecule has 282 valence electrons. The highest BCUT2D eigenvalue weighted by Crippen LogP contribution is 2.42. The lowest BCUT2D eigenvalue weighted by atomic mass is 10.1. The molecule has 0 fully saturated rings. The number of amides is 1. The molecule has 7 N–H and O–H groups in total. The molecule has 5 heterocycles. The SMILES string of the molecule is COC(=O)c1c(/N=N/c2c(C)nn(-c3nc(OC)nc(-n4nc(C)c(/N=N/c5sc(NC(C)=O)c(C)c5C(=O)CO)c4N)n3)c2N)sc(COC=N)c1C. The highest BCUT2D eigenvalue weighted by molar-refractivity contribution is 7.20. The number of thiophene rings is 2. The monoisotopic (exact) mass is 779 g/mol. The Morgan fingerprint density at radius 1 is 0.870 bits per heavy atom. The number of ether oxygens (including phenoxy) is 3. The Labute approximate surface area is 313 Å². The van der Waals surface area contributed by atoms with Crippen molar-refractivity contribution in [2.45, 2.75) is 41.2 Å². The number of nitrogens with one attached hydrogen (secondary N) is 2. The second kappa shape index (κ2) is 16.0. The number of aliphatic hydroxyl groups is 1. The topological polar surface area (TPSA) is 311 Å². The van der Waals surface area contributed by atoms with E-state index in [-0.39, 0.29) is 74.6 Å². The van der Waals surface area contributed by atoms with E-state index >= 15 is 0 Å². The van der Waals surface area contributed by atoms with Crippen molar-refractivity contribution in [3.8, 4) is 17.9 Å². The zero-order valence-corrected chi connectivity index (χ0v) is 31.4. The van der Waals surface area contributed by atoms with Crippen LogP contribution in [0.2, 0.25) is 0 Å². The number of carbonyl (C=O) groups excluding carboxylic acids is 3. The molecule has 0 atom stereocenters. The molecule has 0 spiro atoms. The number of esters is 1. The molecule has 0 aromatic carbocycles. The van der Waals surface area contributed by atoms with E-state index in [1.54, 1.807) is 27.7 Å². The van der Waals surface area contributed by atoms with E-state index in [4.69, 9.17) is 31.1 Å². The average molecular weight is 780 g/mol. The van der Waals surface area contributed by atoms with Crippen LogP contribution in [-0.2, 0) is 20.9 Å². The number of aromatic nitrogens is 7. The van der Waals surface area contributed by atoms with Crippen LogP contribution in [0.5, 0.6) is 6.01 Å². The van der Waals surface area contributed by atoms with E-state index in [1.165, 1.54) is 30.5 Å². The Morgan fingerprint density at radius 3 is 1.91 bits per heavy atom. The Balaban J connectivity index is 1.52. The van der Waals surface area contributed by atoms with Crippen LogP contribution in [0, 0.1) is 33.1 Å². The zero-order chi connectivity index (χ0) is 39.4. The Bertz CT molecular complexity index is 2360. The number of rotatable bonds is 14. The van der Waals surface area contributed by atoms with Gasteiger partial charge in [0, 0.05) is 11.8 Å². The van der Waals surface area contributed by atoms with Crippen LogP contribution in [0.15, 0.2) is 20.5 Å². The Kier molecular flexibility index (Phi) is 11.5. The van der Waals surface area contributed by atoms with Gasteiger partial charge in [-0.25, -0.2) is 4.79 Å². The van der Waals surface area contributed by atoms with E-state index in [1.807, 2.05) is 0 Å². The minimum atomic E-state index is -0.777. The van der Waals surface area contributed by atoms with Crippen LogP contribution >= 0.6 is 22.7 Å². The fourth-order valence-corrected chi connectivity index (χ4v) is 7.03. The second-order valence-corrected chi connectivity index (χ2v) is 13.1. The number of nitrogens with zero attached hydrogens (tertiary/aromatic N) is 11. The smallest absolute Gasteiger partial charge is 0.341 e. The summed E-state index contributed by atoms with van der Waals surface area (Å²) in [7, 11) is 2.58. The van der Waals surface area contributed by atoms with Crippen molar-refractivity contribution < 1.29 is 33.7 Å². The first kappa shape index (κ1) is 38.7. The van der Waals surface area contributed by atoms with Gasteiger partial charge in [0.2, 0.25) is 5.91 Å². The van der Waals surface area contributed by atoms with Gasteiger partial charge in [0.25, 0.3) is 11.9 Å². The third-order valence-electron chi connectivity index (χ3n) is 7.52. The maximum Gasteiger partial charge on any atom is 0.341 e. The predicted molar refractivity (Wildman–Crippen MR) is 196 cm³/mol. The fraction of sp³-hybridized carbons (Fsp3) is 0.300. The van der Waals surface area contributed by atoms with Gasteiger partial charge in [0.05, 0.1) is 31.2 Å². The van der Waals surface area contributed by atoms with Gasteiger partial charge in [-0.15, -0.1) is 31.8 Å². The summed E-state index contributed by atoms with van der Waals surface area (Å²) in [4.78, 5) is 50.5. The molecule has 5 rings (SSSR count). The molecule has 54 heavy (non-hydrogen) atoms. The summed E-state index contributed by atoms with van der Waals surface area (Å²) in [6.45, 7) is 7.16. The van der Waals surface area contributed by atoms with Crippen LogP contribution in [-0.4, -0.2) is 84.5 Å². The number of aliphatic hydroxyl groups excluding tert-OH is 1. The van der Waals surface area contributed by atoms with Crippen molar-refractivity contribution in [2.75, 3.05) is 37.6 Å². The van der Waals surface area contributed by atoms with E-state index in [0.29, 0.717) is 32.4 Å². The van der Waals surface area contributed by atoms with E-state index in [2.05, 4.69) is 50.9 Å². The number of methoxy groups -OCH3 is 2. The lowest BCUT2D eigenvalue weighted by Crippen LogP contribution is -2.14. The number of nitrogens with two attached hydrogens (primary N) is 2. The third kappa shape index (κ3) is 7.50. The molecule has 0 aliphatic carbocycles. The number of ketones is 1. The summed E-state index contributed by atoms with van der Waals surface area (Å²) in [5, 5.41) is 46.0. The maximum absolute atomic E-state index is 12.6. The molecule has 0 saturated carbocycles. The van der Waals surface area contributed by atoms with Crippen molar-refractivity contribution in [1.29, 1.82) is 5.41 Å². The largest absolute Gasteiger partial charge is 0.478 e. The normalized spacial score (nSPS) is 11.4. The fourth-order valence-electron chi connectivity index (χ4n) is 4.90. The number of aryl methyl sites for hydroxylation is 2. The lowest BCUT2D eigenvalue weighted by molar-refractivity contribution is -0.114. The summed E-state index contributed by atoms with van der Waals surface area (Å²) >= 11 is 2.14. The maximum atomic E-state index is 12.6. The minimum Gasteiger partial charge on any atom is -0.478 e.